The Bertz CT molecular complexity index is 1380. The average Bonchev–Trinajstić information content (AvgIpc) is 3.46. The van der Waals surface area contributed by atoms with Gasteiger partial charge in [-0.2, -0.15) is 9.98 Å². The molecule has 0 bridgehead atoms. The Morgan fingerprint density at radius 2 is 1.11 bits per heavy atom. The lowest BCUT2D eigenvalue weighted by atomic mass is 10.2. The molecule has 0 aromatic heterocycles. The molecule has 0 spiro atoms. The molecule has 14 heteroatoms. The largest absolute Gasteiger partial charge is 0.347 e. The predicted molar refractivity (Wildman–Crippen MR) is 145 cm³/mol. The molecule has 0 atom stereocenters. The zero-order valence-corrected chi connectivity index (χ0v) is 21.2. The van der Waals surface area contributed by atoms with E-state index in [2.05, 4.69) is 9.98 Å². The second-order valence-corrected chi connectivity index (χ2v) is 10.3. The number of nitrogens with zero attached hydrogens (tertiary/aromatic N) is 6. The van der Waals surface area contributed by atoms with Crippen molar-refractivity contribution in [1.29, 1.82) is 0 Å². The average molecular weight is 551 g/mol. The van der Waals surface area contributed by atoms with Crippen LogP contribution in [0.4, 0.5) is 11.4 Å². The highest BCUT2D eigenvalue weighted by atomic mass is 32.2. The highest BCUT2D eigenvalue weighted by molar-refractivity contribution is 8.18. The van der Waals surface area contributed by atoms with Crippen LogP contribution in [0.5, 0.6) is 0 Å². The Labute approximate surface area is 224 Å². The Morgan fingerprint density at radius 1 is 0.711 bits per heavy atom. The first kappa shape index (κ1) is 25.4. The third kappa shape index (κ3) is 5.50. The summed E-state index contributed by atoms with van der Waals surface area (Å²) < 4.78 is 0. The number of aliphatic imine (C=N–C) groups is 2. The number of hydrogen-bond donors (Lipinski definition) is 0. The lowest BCUT2D eigenvalue weighted by Gasteiger charge is -2.35. The fourth-order valence-corrected chi connectivity index (χ4v) is 5.84. The van der Waals surface area contributed by atoms with Gasteiger partial charge in [-0.3, -0.25) is 29.8 Å². The van der Waals surface area contributed by atoms with Crippen LogP contribution >= 0.6 is 23.5 Å². The minimum absolute atomic E-state index is 0.0543. The molecule has 3 aliphatic heterocycles. The van der Waals surface area contributed by atoms with E-state index in [4.69, 9.17) is 0 Å². The van der Waals surface area contributed by atoms with E-state index < -0.39 is 21.7 Å². The summed E-state index contributed by atoms with van der Waals surface area (Å²) in [6.45, 7) is 2.23. The fraction of sp³-hybridized carbons (Fsp3) is 0.167. The number of carbonyl (C=O) groups is 2. The van der Waals surface area contributed by atoms with E-state index in [1.165, 1.54) is 47.8 Å². The van der Waals surface area contributed by atoms with Crippen LogP contribution in [0.1, 0.15) is 11.1 Å². The van der Waals surface area contributed by atoms with Gasteiger partial charge in [-0.05, 0) is 46.8 Å². The van der Waals surface area contributed by atoms with Crippen molar-refractivity contribution in [2.75, 3.05) is 26.2 Å². The Morgan fingerprint density at radius 3 is 1.47 bits per heavy atom. The van der Waals surface area contributed by atoms with E-state index in [0.29, 0.717) is 57.5 Å². The topological polar surface area (TPSA) is 152 Å². The van der Waals surface area contributed by atoms with Crippen molar-refractivity contribution in [2.45, 2.75) is 0 Å². The summed E-state index contributed by atoms with van der Waals surface area (Å²) in [5.41, 5.74) is 0.986. The molecule has 2 aromatic carbocycles. The van der Waals surface area contributed by atoms with Crippen molar-refractivity contribution < 1.29 is 19.4 Å². The number of amides is 2. The molecular formula is C24H18N6O6S2. The highest BCUT2D eigenvalue weighted by Crippen LogP contribution is 2.33. The van der Waals surface area contributed by atoms with Crippen LogP contribution in [0.2, 0.25) is 0 Å². The van der Waals surface area contributed by atoms with Crippen LogP contribution in [0.15, 0.2) is 68.3 Å². The summed E-state index contributed by atoms with van der Waals surface area (Å²) in [5, 5.41) is 23.2. The van der Waals surface area contributed by atoms with E-state index in [0.717, 1.165) is 0 Å². The molecule has 38 heavy (non-hydrogen) atoms. The Balaban J connectivity index is 1.19. The van der Waals surface area contributed by atoms with Crippen molar-refractivity contribution in [3.8, 4) is 0 Å². The van der Waals surface area contributed by atoms with E-state index >= 15 is 0 Å². The van der Waals surface area contributed by atoms with Gasteiger partial charge in [-0.1, -0.05) is 24.3 Å². The summed E-state index contributed by atoms with van der Waals surface area (Å²) in [5.74, 6) is -0.785. The molecule has 0 saturated carbocycles. The molecule has 0 N–H and O–H groups in total. The van der Waals surface area contributed by atoms with Gasteiger partial charge >= 0.3 is 0 Å². The highest BCUT2D eigenvalue weighted by Gasteiger charge is 2.32. The summed E-state index contributed by atoms with van der Waals surface area (Å²) in [6.07, 6.45) is 3.19. The monoisotopic (exact) mass is 550 g/mol. The zero-order valence-electron chi connectivity index (χ0n) is 19.6. The molecule has 12 nitrogen and oxygen atoms in total. The maximum absolute atomic E-state index is 12.5. The van der Waals surface area contributed by atoms with Crippen LogP contribution in [0.3, 0.4) is 0 Å². The molecule has 2 amide bonds. The van der Waals surface area contributed by atoms with Gasteiger partial charge in [0.2, 0.25) is 0 Å². The summed E-state index contributed by atoms with van der Waals surface area (Å²) in [7, 11) is 0. The second-order valence-electron chi connectivity index (χ2n) is 8.30. The number of carbonyl (C=O) groups excluding carboxylic acids is 2. The number of piperazine rings is 1. The second kappa shape index (κ2) is 10.6. The van der Waals surface area contributed by atoms with Gasteiger partial charge in [-0.15, -0.1) is 0 Å². The fourth-order valence-electron chi connectivity index (χ4n) is 3.91. The van der Waals surface area contributed by atoms with Crippen LogP contribution in [0, 0.1) is 20.2 Å². The third-order valence-corrected chi connectivity index (χ3v) is 7.89. The van der Waals surface area contributed by atoms with Crippen molar-refractivity contribution in [1.82, 2.24) is 9.80 Å². The number of rotatable bonds is 4. The zero-order chi connectivity index (χ0) is 26.8. The smallest absolute Gasteiger partial charge is 0.286 e. The third-order valence-electron chi connectivity index (χ3n) is 5.80. The standard InChI is InChI=1S/C24H18N6O6S2/c31-21-19(13-15-3-1-5-17(11-15)29(33)34)37-23(25-21)27-7-9-28(10-8-27)24-26-22(32)20(38-24)14-16-4-2-6-18(12-16)30(35)36/h1-6,11-14H,7-10H2/b19-13-,20-14+. The molecule has 2 aromatic rings. The first-order valence-corrected chi connectivity index (χ1v) is 12.9. The quantitative estimate of drug-likeness (QED) is 0.312. The summed E-state index contributed by atoms with van der Waals surface area (Å²) in [4.78, 5) is 59.0. The predicted octanol–water partition coefficient (Wildman–Crippen LogP) is 3.76. The lowest BCUT2D eigenvalue weighted by molar-refractivity contribution is -0.385. The first-order valence-electron chi connectivity index (χ1n) is 11.3. The number of hydrogen-bond acceptors (Lipinski definition) is 10. The van der Waals surface area contributed by atoms with Gasteiger partial charge < -0.3 is 9.80 Å². The van der Waals surface area contributed by atoms with Gasteiger partial charge in [0.1, 0.15) is 0 Å². The van der Waals surface area contributed by atoms with Crippen LogP contribution in [0.25, 0.3) is 12.2 Å². The van der Waals surface area contributed by atoms with Crippen LogP contribution in [-0.4, -0.2) is 68.0 Å². The molecule has 3 aliphatic rings. The van der Waals surface area contributed by atoms with Crippen LogP contribution < -0.4 is 0 Å². The first-order chi connectivity index (χ1) is 18.3. The lowest BCUT2D eigenvalue weighted by Crippen LogP contribution is -2.49. The van der Waals surface area contributed by atoms with Crippen LogP contribution in [-0.2, 0) is 9.59 Å². The number of non-ortho nitro benzene ring substituents is 2. The van der Waals surface area contributed by atoms with Crippen molar-refractivity contribution >= 4 is 69.2 Å². The number of amidine groups is 2. The number of nitro groups is 2. The molecular weight excluding hydrogens is 532 g/mol. The molecule has 0 aliphatic carbocycles. The summed E-state index contributed by atoms with van der Waals surface area (Å²) >= 11 is 2.45. The van der Waals surface area contributed by atoms with E-state index in [1.807, 2.05) is 9.80 Å². The normalized spacial score (nSPS) is 19.8. The Kier molecular flexibility index (Phi) is 7.07. The van der Waals surface area contributed by atoms with Crippen molar-refractivity contribution in [3.05, 3.63) is 89.7 Å². The van der Waals surface area contributed by atoms with Gasteiger partial charge in [0.15, 0.2) is 10.3 Å². The van der Waals surface area contributed by atoms with E-state index in [1.54, 1.807) is 36.4 Å². The van der Waals surface area contributed by atoms with E-state index in [9.17, 15) is 29.8 Å². The van der Waals surface area contributed by atoms with Gasteiger partial charge in [0, 0.05) is 50.4 Å². The molecule has 1 saturated heterocycles. The minimum atomic E-state index is -0.486. The molecule has 0 unspecified atom stereocenters. The molecule has 1 fully saturated rings. The summed E-state index contributed by atoms with van der Waals surface area (Å²) in [6, 6.07) is 12.1. The minimum Gasteiger partial charge on any atom is -0.347 e. The van der Waals surface area contributed by atoms with Crippen molar-refractivity contribution in [2.24, 2.45) is 9.98 Å². The molecule has 3 heterocycles. The molecule has 0 radical (unpaired) electrons. The number of nitro benzene ring substituents is 2. The molecule has 5 rings (SSSR count). The van der Waals surface area contributed by atoms with E-state index in [-0.39, 0.29) is 11.4 Å². The van der Waals surface area contributed by atoms with Gasteiger partial charge in [0.25, 0.3) is 23.2 Å². The maximum atomic E-state index is 12.5. The number of thioether (sulfide) groups is 2. The Hall–Kier alpha value is -4.30. The number of benzene rings is 2. The van der Waals surface area contributed by atoms with Crippen molar-refractivity contribution in [3.63, 3.8) is 0 Å². The SMILES string of the molecule is O=C1N=C(N2CCN(C3=NC(=O)/C(=C\c4cccc([N+](=O)[O-])c4)S3)CC2)S/C1=C\c1cccc([N+](=O)[O-])c1. The maximum Gasteiger partial charge on any atom is 0.286 e. The van der Waals surface area contributed by atoms with Gasteiger partial charge in [-0.25, -0.2) is 0 Å². The van der Waals surface area contributed by atoms with Gasteiger partial charge in [0.05, 0.1) is 19.7 Å². The molecule has 192 valence electrons.